The van der Waals surface area contributed by atoms with Crippen LogP contribution in [0.3, 0.4) is 0 Å². The van der Waals surface area contributed by atoms with Gasteiger partial charge in [-0.2, -0.15) is 5.10 Å². The first-order valence-electron chi connectivity index (χ1n) is 8.69. The Bertz CT molecular complexity index is 756. The fourth-order valence-corrected chi connectivity index (χ4v) is 3.57. The molecule has 6 nitrogen and oxygen atoms in total. The van der Waals surface area contributed by atoms with E-state index >= 15 is 0 Å². The molecule has 6 heteroatoms. The molecule has 2 unspecified atom stereocenters. The highest BCUT2D eigenvalue weighted by atomic mass is 16.5. The average molecular weight is 342 g/mol. The third-order valence-electron chi connectivity index (χ3n) is 4.79. The third kappa shape index (κ3) is 3.39. The molecule has 2 atom stereocenters. The van der Waals surface area contributed by atoms with Crippen LogP contribution in [0.25, 0.3) is 0 Å². The Balaban J connectivity index is 1.90. The molecule has 1 amide bonds. The van der Waals surface area contributed by atoms with Gasteiger partial charge in [0.15, 0.2) is 0 Å². The lowest BCUT2D eigenvalue weighted by molar-refractivity contribution is -0.138. The molecule has 0 bridgehead atoms. The van der Waals surface area contributed by atoms with Crippen molar-refractivity contribution < 1.29 is 9.53 Å². The molecule has 0 radical (unpaired) electrons. The van der Waals surface area contributed by atoms with Gasteiger partial charge < -0.3 is 15.0 Å². The van der Waals surface area contributed by atoms with Gasteiger partial charge in [0, 0.05) is 30.9 Å². The van der Waals surface area contributed by atoms with E-state index in [9.17, 15) is 4.79 Å². The van der Waals surface area contributed by atoms with Crippen molar-refractivity contribution in [2.75, 3.05) is 26.7 Å². The molecule has 0 saturated carbocycles. The van der Waals surface area contributed by atoms with E-state index in [1.165, 1.54) is 0 Å². The first-order chi connectivity index (χ1) is 12.0. The van der Waals surface area contributed by atoms with E-state index in [1.54, 1.807) is 7.11 Å². The fraction of sp³-hybridized carbons (Fsp3) is 0.474. The molecule has 3 rings (SSSR count). The standard InChI is InChI=1S/C19H26N4O2/c1-13-11-14(2)23(21-13)15(3)19(24)22-10-9-20-12-17(22)16-7-5-6-8-18(16)25-4/h5-8,11,15,17,20H,9-10,12H2,1-4H3. The smallest absolute Gasteiger partial charge is 0.247 e. The van der Waals surface area contributed by atoms with Crippen LogP contribution in [0.5, 0.6) is 5.75 Å². The van der Waals surface area contributed by atoms with Crippen molar-refractivity contribution in [1.29, 1.82) is 0 Å². The van der Waals surface area contributed by atoms with E-state index in [2.05, 4.69) is 10.4 Å². The monoisotopic (exact) mass is 342 g/mol. The summed E-state index contributed by atoms with van der Waals surface area (Å²) in [4.78, 5) is 15.2. The van der Waals surface area contributed by atoms with Crippen molar-refractivity contribution in [3.05, 3.63) is 47.3 Å². The predicted octanol–water partition coefficient (Wildman–Crippen LogP) is 2.24. The molecule has 1 aliphatic heterocycles. The maximum Gasteiger partial charge on any atom is 0.247 e. The largest absolute Gasteiger partial charge is 0.496 e. The average Bonchev–Trinajstić information content (AvgIpc) is 2.98. The van der Waals surface area contributed by atoms with Crippen LogP contribution in [0.4, 0.5) is 0 Å². The Morgan fingerprint density at radius 3 is 2.80 bits per heavy atom. The maximum absolute atomic E-state index is 13.2. The topological polar surface area (TPSA) is 59.4 Å². The summed E-state index contributed by atoms with van der Waals surface area (Å²) in [6.45, 7) is 8.04. The van der Waals surface area contributed by atoms with Crippen LogP contribution in [0.1, 0.15) is 36.0 Å². The molecule has 1 saturated heterocycles. The van der Waals surface area contributed by atoms with E-state index in [4.69, 9.17) is 4.74 Å². The van der Waals surface area contributed by atoms with Crippen molar-refractivity contribution in [2.45, 2.75) is 32.9 Å². The summed E-state index contributed by atoms with van der Waals surface area (Å²) in [5.41, 5.74) is 2.96. The lowest BCUT2D eigenvalue weighted by atomic mass is 10.0. The van der Waals surface area contributed by atoms with Crippen molar-refractivity contribution in [3.8, 4) is 5.75 Å². The molecular weight excluding hydrogens is 316 g/mol. The number of piperazine rings is 1. The second-order valence-corrected chi connectivity index (χ2v) is 6.54. The quantitative estimate of drug-likeness (QED) is 0.926. The van der Waals surface area contributed by atoms with Crippen LogP contribution in [-0.2, 0) is 4.79 Å². The van der Waals surface area contributed by atoms with Gasteiger partial charge in [-0.1, -0.05) is 18.2 Å². The van der Waals surface area contributed by atoms with Crippen LogP contribution in [0.2, 0.25) is 0 Å². The van der Waals surface area contributed by atoms with Gasteiger partial charge in [-0.3, -0.25) is 9.48 Å². The maximum atomic E-state index is 13.2. The van der Waals surface area contributed by atoms with Gasteiger partial charge in [-0.25, -0.2) is 0 Å². The Labute approximate surface area is 148 Å². The number of rotatable bonds is 4. The number of hydrogen-bond donors (Lipinski definition) is 1. The summed E-state index contributed by atoms with van der Waals surface area (Å²) < 4.78 is 7.33. The van der Waals surface area contributed by atoms with E-state index in [0.717, 1.165) is 35.8 Å². The fourth-order valence-electron chi connectivity index (χ4n) is 3.57. The van der Waals surface area contributed by atoms with Crippen molar-refractivity contribution in [3.63, 3.8) is 0 Å². The zero-order valence-electron chi connectivity index (χ0n) is 15.3. The number of aromatic nitrogens is 2. The van der Waals surface area contributed by atoms with Gasteiger partial charge in [0.05, 0.1) is 18.8 Å². The second-order valence-electron chi connectivity index (χ2n) is 6.54. The lowest BCUT2D eigenvalue weighted by Gasteiger charge is -2.38. The van der Waals surface area contributed by atoms with E-state index in [1.807, 2.05) is 60.7 Å². The summed E-state index contributed by atoms with van der Waals surface area (Å²) in [6.07, 6.45) is 0. The molecule has 2 aromatic rings. The highest BCUT2D eigenvalue weighted by Crippen LogP contribution is 2.31. The number of carbonyl (C=O) groups is 1. The van der Waals surface area contributed by atoms with Crippen LogP contribution < -0.4 is 10.1 Å². The summed E-state index contributed by atoms with van der Waals surface area (Å²) >= 11 is 0. The Morgan fingerprint density at radius 2 is 2.12 bits per heavy atom. The van der Waals surface area contributed by atoms with E-state index in [-0.39, 0.29) is 18.0 Å². The van der Waals surface area contributed by atoms with Gasteiger partial charge in [0.1, 0.15) is 11.8 Å². The number of carbonyl (C=O) groups excluding carboxylic acids is 1. The molecule has 25 heavy (non-hydrogen) atoms. The minimum Gasteiger partial charge on any atom is -0.496 e. The minimum atomic E-state index is -0.330. The zero-order chi connectivity index (χ0) is 18.0. The molecule has 1 aliphatic rings. The molecule has 0 spiro atoms. The van der Waals surface area contributed by atoms with Crippen molar-refractivity contribution in [2.24, 2.45) is 0 Å². The first kappa shape index (κ1) is 17.5. The summed E-state index contributed by atoms with van der Waals surface area (Å²) in [5.74, 6) is 0.899. The number of ether oxygens (including phenoxy) is 1. The lowest BCUT2D eigenvalue weighted by Crippen LogP contribution is -2.50. The summed E-state index contributed by atoms with van der Waals surface area (Å²) in [7, 11) is 1.67. The third-order valence-corrected chi connectivity index (χ3v) is 4.79. The normalized spacial score (nSPS) is 18.9. The molecule has 1 N–H and O–H groups in total. The Morgan fingerprint density at radius 1 is 1.36 bits per heavy atom. The Hall–Kier alpha value is -2.34. The predicted molar refractivity (Wildman–Crippen MR) is 96.7 cm³/mol. The number of hydrogen-bond acceptors (Lipinski definition) is 4. The number of aryl methyl sites for hydroxylation is 2. The number of amides is 1. The van der Waals surface area contributed by atoms with Crippen LogP contribution in [0, 0.1) is 13.8 Å². The molecule has 1 aromatic heterocycles. The number of benzene rings is 1. The van der Waals surface area contributed by atoms with Crippen LogP contribution >= 0.6 is 0 Å². The van der Waals surface area contributed by atoms with E-state index < -0.39 is 0 Å². The van der Waals surface area contributed by atoms with Gasteiger partial charge in [0.2, 0.25) is 5.91 Å². The number of para-hydroxylation sites is 1. The van der Waals surface area contributed by atoms with Crippen molar-refractivity contribution in [1.82, 2.24) is 20.0 Å². The minimum absolute atomic E-state index is 0.0446. The highest BCUT2D eigenvalue weighted by molar-refractivity contribution is 5.81. The number of methoxy groups -OCH3 is 1. The molecule has 2 heterocycles. The SMILES string of the molecule is COc1ccccc1C1CNCCN1C(=O)C(C)n1nc(C)cc1C. The zero-order valence-corrected chi connectivity index (χ0v) is 15.3. The number of nitrogens with zero attached hydrogens (tertiary/aromatic N) is 3. The second kappa shape index (κ2) is 7.27. The summed E-state index contributed by atoms with van der Waals surface area (Å²) in [5, 5.41) is 7.88. The highest BCUT2D eigenvalue weighted by Gasteiger charge is 2.33. The van der Waals surface area contributed by atoms with E-state index in [0.29, 0.717) is 6.54 Å². The Kier molecular flexibility index (Phi) is 5.08. The van der Waals surface area contributed by atoms with Gasteiger partial charge in [-0.05, 0) is 32.9 Å². The van der Waals surface area contributed by atoms with Gasteiger partial charge in [0.25, 0.3) is 0 Å². The van der Waals surface area contributed by atoms with Crippen LogP contribution in [-0.4, -0.2) is 47.3 Å². The molecular formula is C19H26N4O2. The van der Waals surface area contributed by atoms with Crippen LogP contribution in [0.15, 0.2) is 30.3 Å². The molecule has 134 valence electrons. The molecule has 1 aromatic carbocycles. The molecule has 1 fully saturated rings. The van der Waals surface area contributed by atoms with Crippen molar-refractivity contribution >= 4 is 5.91 Å². The van der Waals surface area contributed by atoms with Gasteiger partial charge in [-0.15, -0.1) is 0 Å². The summed E-state index contributed by atoms with van der Waals surface area (Å²) in [6, 6.07) is 9.53. The number of nitrogens with one attached hydrogen (secondary N) is 1. The first-order valence-corrected chi connectivity index (χ1v) is 8.69. The molecule has 0 aliphatic carbocycles. The van der Waals surface area contributed by atoms with Gasteiger partial charge >= 0.3 is 0 Å².